The Hall–Kier alpha value is -3.36. The smallest absolute Gasteiger partial charge is 0.245 e. The number of anilines is 1. The van der Waals surface area contributed by atoms with Gasteiger partial charge in [0.05, 0.1) is 6.20 Å². The Bertz CT molecular complexity index is 891. The van der Waals surface area contributed by atoms with Crippen LogP contribution in [0.5, 0.6) is 0 Å². The minimum atomic E-state index is -0.381. The number of nitrogens with two attached hydrogens (primary N) is 1. The van der Waals surface area contributed by atoms with Gasteiger partial charge in [-0.2, -0.15) is 0 Å². The molecule has 0 saturated carbocycles. The molecular weight excluding hydrogens is 382 g/mol. The number of nitrogen functional groups attached to an aromatic ring is 1. The summed E-state index contributed by atoms with van der Waals surface area (Å²) in [5.41, 5.74) is 12.0. The van der Waals surface area contributed by atoms with E-state index in [1.165, 1.54) is 0 Å². The van der Waals surface area contributed by atoms with Crippen LogP contribution in [0.4, 0.5) is 5.82 Å². The van der Waals surface area contributed by atoms with E-state index in [4.69, 9.17) is 5.73 Å². The lowest BCUT2D eigenvalue weighted by Crippen LogP contribution is -2.53. The number of hydrogen-bond acceptors (Lipinski definition) is 7. The maximum atomic E-state index is 12.9. The zero-order valence-corrected chi connectivity index (χ0v) is 17.4. The molecule has 1 aromatic rings. The third-order valence-electron chi connectivity index (χ3n) is 5.20. The molecule has 1 saturated heterocycles. The number of carbonyl (C=O) groups excluding carboxylic acids is 2. The highest BCUT2D eigenvalue weighted by atomic mass is 16.2. The van der Waals surface area contributed by atoms with Gasteiger partial charge in [-0.15, -0.1) is 0 Å². The second-order valence-electron chi connectivity index (χ2n) is 7.48. The largest absolute Gasteiger partial charge is 0.384 e. The number of rotatable bonds is 9. The summed E-state index contributed by atoms with van der Waals surface area (Å²) < 4.78 is 0. The van der Waals surface area contributed by atoms with Gasteiger partial charge in [-0.1, -0.05) is 25.0 Å². The van der Waals surface area contributed by atoms with Crippen molar-refractivity contribution < 1.29 is 9.59 Å². The number of unbranched alkanes of at least 4 members (excludes halogenated alkanes) is 1. The first-order chi connectivity index (χ1) is 14.5. The van der Waals surface area contributed by atoms with Crippen molar-refractivity contribution in [1.82, 2.24) is 26.1 Å². The van der Waals surface area contributed by atoms with Gasteiger partial charge < -0.3 is 16.4 Å². The van der Waals surface area contributed by atoms with Gasteiger partial charge in [-0.05, 0) is 43.4 Å². The van der Waals surface area contributed by atoms with E-state index in [-0.39, 0.29) is 11.9 Å². The molecular formula is C21H29N7O2. The zero-order valence-electron chi connectivity index (χ0n) is 17.4. The summed E-state index contributed by atoms with van der Waals surface area (Å²) in [7, 11) is 0. The first-order valence-corrected chi connectivity index (χ1v) is 10.2. The minimum Gasteiger partial charge on any atom is -0.384 e. The molecule has 1 fully saturated rings. The minimum absolute atomic E-state index is 0.0744. The van der Waals surface area contributed by atoms with Gasteiger partial charge in [0.25, 0.3) is 0 Å². The first-order valence-electron chi connectivity index (χ1n) is 10.2. The molecule has 3 rings (SSSR count). The van der Waals surface area contributed by atoms with E-state index in [2.05, 4.69) is 39.0 Å². The van der Waals surface area contributed by atoms with Gasteiger partial charge in [0.2, 0.25) is 12.3 Å². The second kappa shape index (κ2) is 9.91. The molecule has 3 heterocycles. The van der Waals surface area contributed by atoms with Gasteiger partial charge in [0, 0.05) is 19.2 Å². The van der Waals surface area contributed by atoms with E-state index in [1.54, 1.807) is 17.4 Å². The summed E-state index contributed by atoms with van der Waals surface area (Å²) in [6.07, 6.45) is 10.4. The van der Waals surface area contributed by atoms with Crippen molar-refractivity contribution in [2.24, 2.45) is 4.99 Å². The van der Waals surface area contributed by atoms with Crippen LogP contribution in [0.15, 0.2) is 34.8 Å². The standard InChI is InChI=1S/C21H29N7O2/c1-3-4-5-15(9-16-11-23-18(22)8-14(16)2)10-25-21(30)17-6-7-20-24-12-19(26-13-29)27-28(17)20/h8-9,11-13,17,27H,3-7,10H2,1-2H3,(H2,22,23)(H,25,30)(H,26,29)/b15-9+. The van der Waals surface area contributed by atoms with Crippen molar-refractivity contribution in [2.75, 3.05) is 12.3 Å². The van der Waals surface area contributed by atoms with Crippen LogP contribution in [0, 0.1) is 6.92 Å². The third kappa shape index (κ3) is 5.16. The Morgan fingerprint density at radius 1 is 1.47 bits per heavy atom. The third-order valence-corrected chi connectivity index (χ3v) is 5.20. The Kier molecular flexibility index (Phi) is 7.05. The Balaban J connectivity index is 1.66. The molecule has 0 bridgehead atoms. The van der Waals surface area contributed by atoms with Crippen LogP contribution in [0.1, 0.15) is 50.2 Å². The van der Waals surface area contributed by atoms with E-state index in [9.17, 15) is 9.59 Å². The van der Waals surface area contributed by atoms with Crippen molar-refractivity contribution in [3.8, 4) is 0 Å². The van der Waals surface area contributed by atoms with Crippen molar-refractivity contribution >= 4 is 30.0 Å². The van der Waals surface area contributed by atoms with Crippen LogP contribution in [0.2, 0.25) is 0 Å². The highest BCUT2D eigenvalue weighted by Crippen LogP contribution is 2.22. The molecule has 2 aliphatic heterocycles. The fourth-order valence-corrected chi connectivity index (χ4v) is 3.54. The lowest BCUT2D eigenvalue weighted by atomic mass is 10.0. The first kappa shape index (κ1) is 21.4. The maximum absolute atomic E-state index is 12.9. The molecule has 0 aliphatic carbocycles. The number of nitrogens with zero attached hydrogens (tertiary/aromatic N) is 3. The zero-order chi connectivity index (χ0) is 21.5. The molecule has 1 aromatic heterocycles. The number of carbonyl (C=O) groups is 2. The van der Waals surface area contributed by atoms with Crippen molar-refractivity contribution in [2.45, 2.75) is 52.0 Å². The van der Waals surface area contributed by atoms with Gasteiger partial charge in [0.15, 0.2) is 0 Å². The van der Waals surface area contributed by atoms with E-state index in [0.29, 0.717) is 37.4 Å². The SMILES string of the molecule is CCCC/C(=C\c1cnc(N)cc1C)CNC(=O)C1CCC2=NC=C(NC=O)NN21. The van der Waals surface area contributed by atoms with Crippen LogP contribution in [0.25, 0.3) is 6.08 Å². The Labute approximate surface area is 176 Å². The predicted molar refractivity (Wildman–Crippen MR) is 117 cm³/mol. The monoisotopic (exact) mass is 411 g/mol. The molecule has 30 heavy (non-hydrogen) atoms. The number of pyridine rings is 1. The van der Waals surface area contributed by atoms with Gasteiger partial charge in [-0.3, -0.25) is 20.0 Å². The number of nitrogens with one attached hydrogen (secondary N) is 3. The Morgan fingerprint density at radius 2 is 2.30 bits per heavy atom. The molecule has 2 aliphatic rings. The van der Waals surface area contributed by atoms with Crippen molar-refractivity contribution in [3.05, 3.63) is 41.0 Å². The molecule has 0 spiro atoms. The summed E-state index contributed by atoms with van der Waals surface area (Å²) in [4.78, 5) is 32.1. The molecule has 160 valence electrons. The highest BCUT2D eigenvalue weighted by Gasteiger charge is 2.36. The van der Waals surface area contributed by atoms with Gasteiger partial charge >= 0.3 is 0 Å². The lowest BCUT2D eigenvalue weighted by Gasteiger charge is -2.30. The van der Waals surface area contributed by atoms with Crippen LogP contribution in [-0.2, 0) is 9.59 Å². The molecule has 2 amide bonds. The van der Waals surface area contributed by atoms with E-state index in [1.807, 2.05) is 13.0 Å². The predicted octanol–water partition coefficient (Wildman–Crippen LogP) is 1.59. The number of aliphatic imine (C=N–C) groups is 1. The number of hydrogen-bond donors (Lipinski definition) is 4. The summed E-state index contributed by atoms with van der Waals surface area (Å²) in [5, 5.41) is 7.32. The summed E-state index contributed by atoms with van der Waals surface area (Å²) in [6.45, 7) is 4.61. The van der Waals surface area contributed by atoms with Crippen LogP contribution < -0.4 is 21.8 Å². The number of amidine groups is 1. The van der Waals surface area contributed by atoms with E-state index >= 15 is 0 Å². The van der Waals surface area contributed by atoms with Crippen LogP contribution >= 0.6 is 0 Å². The van der Waals surface area contributed by atoms with Crippen molar-refractivity contribution in [1.29, 1.82) is 0 Å². The Morgan fingerprint density at radius 3 is 3.03 bits per heavy atom. The molecule has 0 aromatic carbocycles. The fraction of sp³-hybridized carbons (Fsp3) is 0.429. The molecule has 0 radical (unpaired) electrons. The number of fused-ring (bicyclic) bond motifs is 1. The van der Waals surface area contributed by atoms with Crippen molar-refractivity contribution in [3.63, 3.8) is 0 Å². The normalized spacial score (nSPS) is 18.1. The quantitative estimate of drug-likeness (QED) is 0.457. The topological polar surface area (TPSA) is 125 Å². The molecule has 9 nitrogen and oxygen atoms in total. The van der Waals surface area contributed by atoms with E-state index < -0.39 is 0 Å². The molecule has 5 N–H and O–H groups in total. The molecule has 1 atom stereocenters. The average Bonchev–Trinajstić information content (AvgIpc) is 3.15. The number of amides is 2. The summed E-state index contributed by atoms with van der Waals surface area (Å²) in [5.74, 6) is 1.66. The summed E-state index contributed by atoms with van der Waals surface area (Å²) in [6, 6.07) is 1.47. The van der Waals surface area contributed by atoms with Gasteiger partial charge in [-0.25, -0.2) is 9.98 Å². The lowest BCUT2D eigenvalue weighted by molar-refractivity contribution is -0.125. The molecule has 9 heteroatoms. The van der Waals surface area contributed by atoms with Gasteiger partial charge in [0.1, 0.15) is 23.5 Å². The molecule has 1 unspecified atom stereocenters. The van der Waals surface area contributed by atoms with Crippen LogP contribution in [0.3, 0.4) is 0 Å². The highest BCUT2D eigenvalue weighted by molar-refractivity contribution is 5.94. The summed E-state index contributed by atoms with van der Waals surface area (Å²) >= 11 is 0. The average molecular weight is 412 g/mol. The van der Waals surface area contributed by atoms with E-state index in [0.717, 1.165) is 41.8 Å². The number of hydrazine groups is 1. The second-order valence-corrected chi connectivity index (χ2v) is 7.48. The van der Waals surface area contributed by atoms with Crippen LogP contribution in [-0.4, -0.2) is 40.7 Å². The maximum Gasteiger partial charge on any atom is 0.245 e. The fourth-order valence-electron chi connectivity index (χ4n) is 3.54. The number of aromatic nitrogens is 1. The number of aryl methyl sites for hydroxylation is 1.